The van der Waals surface area contributed by atoms with Gasteiger partial charge in [0.05, 0.1) is 6.04 Å². The summed E-state index contributed by atoms with van der Waals surface area (Å²) in [6.07, 6.45) is 0.782. The molecule has 1 fully saturated rings. The van der Waals surface area contributed by atoms with E-state index < -0.39 is 12.0 Å². The van der Waals surface area contributed by atoms with Crippen LogP contribution in [0.15, 0.2) is 11.4 Å². The number of carbonyl (C=O) groups is 3. The van der Waals surface area contributed by atoms with Crippen molar-refractivity contribution >= 4 is 29.1 Å². The molecular formula is C12H14N2O4S. The van der Waals surface area contributed by atoms with E-state index in [9.17, 15) is 14.4 Å². The molecule has 2 N–H and O–H groups in total. The van der Waals surface area contributed by atoms with Crippen LogP contribution in [0.25, 0.3) is 0 Å². The maximum Gasteiger partial charge on any atom is 0.346 e. The number of amides is 2. The summed E-state index contributed by atoms with van der Waals surface area (Å²) in [5.41, 5.74) is 0.657. The molecule has 1 unspecified atom stereocenters. The maximum atomic E-state index is 11.8. The van der Waals surface area contributed by atoms with Crippen LogP contribution in [0.1, 0.15) is 28.1 Å². The highest BCUT2D eigenvalue weighted by molar-refractivity contribution is 7.12. The maximum absolute atomic E-state index is 11.8. The lowest BCUT2D eigenvalue weighted by Crippen LogP contribution is -2.51. The van der Waals surface area contributed by atoms with Crippen LogP contribution in [0, 0.1) is 0 Å². The first-order valence-electron chi connectivity index (χ1n) is 5.84. The lowest BCUT2D eigenvalue weighted by Gasteiger charge is -2.28. The summed E-state index contributed by atoms with van der Waals surface area (Å²) in [6, 6.07) is 1.30. The van der Waals surface area contributed by atoms with Gasteiger partial charge in [-0.3, -0.25) is 14.5 Å². The summed E-state index contributed by atoms with van der Waals surface area (Å²) in [5, 5.41) is 13.7. The Morgan fingerprint density at radius 3 is 3.00 bits per heavy atom. The van der Waals surface area contributed by atoms with Crippen LogP contribution < -0.4 is 5.32 Å². The summed E-state index contributed by atoms with van der Waals surface area (Å²) < 4.78 is 0. The van der Waals surface area contributed by atoms with E-state index in [0.717, 1.165) is 16.2 Å². The van der Waals surface area contributed by atoms with E-state index >= 15 is 0 Å². The van der Waals surface area contributed by atoms with Crippen molar-refractivity contribution < 1.29 is 19.5 Å². The van der Waals surface area contributed by atoms with Gasteiger partial charge in [0, 0.05) is 20.0 Å². The Morgan fingerprint density at radius 1 is 1.58 bits per heavy atom. The molecule has 1 atom stereocenters. The van der Waals surface area contributed by atoms with Crippen molar-refractivity contribution in [1.82, 2.24) is 10.2 Å². The zero-order valence-corrected chi connectivity index (χ0v) is 11.2. The van der Waals surface area contributed by atoms with E-state index in [2.05, 4.69) is 5.32 Å². The Balaban J connectivity index is 1.99. The van der Waals surface area contributed by atoms with E-state index in [1.54, 1.807) is 11.4 Å². The van der Waals surface area contributed by atoms with Gasteiger partial charge in [-0.25, -0.2) is 4.79 Å². The van der Waals surface area contributed by atoms with Gasteiger partial charge < -0.3 is 10.4 Å². The third-order valence-corrected chi connectivity index (χ3v) is 4.07. The lowest BCUT2D eigenvalue weighted by atomic mass is 10.0. The van der Waals surface area contributed by atoms with Crippen LogP contribution in [0.4, 0.5) is 0 Å². The van der Waals surface area contributed by atoms with Gasteiger partial charge >= 0.3 is 5.97 Å². The largest absolute Gasteiger partial charge is 0.477 e. The first kappa shape index (κ1) is 13.7. The zero-order valence-electron chi connectivity index (χ0n) is 10.4. The first-order chi connectivity index (χ1) is 9.00. The first-order valence-corrected chi connectivity index (χ1v) is 6.72. The third-order valence-electron chi connectivity index (χ3n) is 3.13. The fourth-order valence-corrected chi connectivity index (χ4v) is 2.76. The molecule has 1 aromatic heterocycles. The smallest absolute Gasteiger partial charge is 0.346 e. The van der Waals surface area contributed by atoms with Gasteiger partial charge in [-0.15, -0.1) is 11.3 Å². The van der Waals surface area contributed by atoms with Crippen molar-refractivity contribution in [2.24, 2.45) is 0 Å². The summed E-state index contributed by atoms with van der Waals surface area (Å²) >= 11 is 1.16. The quantitative estimate of drug-likeness (QED) is 0.793. The molecule has 1 aliphatic heterocycles. The van der Waals surface area contributed by atoms with E-state index in [0.29, 0.717) is 24.9 Å². The molecule has 7 heteroatoms. The zero-order chi connectivity index (χ0) is 14.0. The fraction of sp³-hybridized carbons (Fsp3) is 0.417. The second-order valence-corrected chi connectivity index (χ2v) is 5.26. The van der Waals surface area contributed by atoms with Crippen molar-refractivity contribution in [2.75, 3.05) is 7.05 Å². The molecule has 0 aliphatic carbocycles. The van der Waals surface area contributed by atoms with E-state index in [4.69, 9.17) is 5.11 Å². The number of rotatable bonds is 4. The molecule has 2 heterocycles. The van der Waals surface area contributed by atoms with Crippen molar-refractivity contribution in [2.45, 2.75) is 25.4 Å². The van der Waals surface area contributed by atoms with E-state index in [1.807, 2.05) is 0 Å². The normalized spacial score (nSPS) is 19.8. The molecule has 1 saturated heterocycles. The molecule has 0 radical (unpaired) electrons. The molecule has 1 aromatic rings. The summed E-state index contributed by atoms with van der Waals surface area (Å²) in [4.78, 5) is 35.5. The summed E-state index contributed by atoms with van der Waals surface area (Å²) in [6.45, 7) is 0.309. The second kappa shape index (κ2) is 5.50. The number of carbonyl (C=O) groups excluding carboxylic acids is 2. The van der Waals surface area contributed by atoms with Gasteiger partial charge in [-0.2, -0.15) is 0 Å². The molecule has 0 aromatic carbocycles. The standard InChI is InChI=1S/C12H14N2O4S/c1-14-9(15)3-2-8(11(14)16)13-6-7-4-5-19-10(7)12(17)18/h4-5,8,13H,2-3,6H2,1H3,(H,17,18). The Bertz CT molecular complexity index is 526. The fourth-order valence-electron chi connectivity index (χ4n) is 2.00. The summed E-state index contributed by atoms with van der Waals surface area (Å²) in [7, 11) is 1.46. The minimum absolute atomic E-state index is 0.176. The third kappa shape index (κ3) is 2.82. The van der Waals surface area contributed by atoms with Gasteiger partial charge in [0.2, 0.25) is 11.8 Å². The van der Waals surface area contributed by atoms with Crippen LogP contribution >= 0.6 is 11.3 Å². The van der Waals surface area contributed by atoms with Gasteiger partial charge in [-0.05, 0) is 23.4 Å². The number of carboxylic acids is 1. The molecule has 0 spiro atoms. The Kier molecular flexibility index (Phi) is 3.96. The number of nitrogens with zero attached hydrogens (tertiary/aromatic N) is 1. The highest BCUT2D eigenvalue weighted by atomic mass is 32.1. The number of thiophene rings is 1. The van der Waals surface area contributed by atoms with Crippen LogP contribution in [0.5, 0.6) is 0 Å². The molecule has 2 amide bonds. The van der Waals surface area contributed by atoms with Crippen molar-refractivity contribution in [3.05, 3.63) is 21.9 Å². The van der Waals surface area contributed by atoms with Crippen molar-refractivity contribution in [3.8, 4) is 0 Å². The number of piperidine rings is 1. The highest BCUT2D eigenvalue weighted by Gasteiger charge is 2.31. The minimum atomic E-state index is -0.964. The van der Waals surface area contributed by atoms with Crippen LogP contribution in [0.3, 0.4) is 0 Å². The number of imide groups is 1. The predicted octanol–water partition coefficient (Wildman–Crippen LogP) is 0.683. The van der Waals surface area contributed by atoms with Gasteiger partial charge in [0.25, 0.3) is 0 Å². The molecule has 102 valence electrons. The van der Waals surface area contributed by atoms with E-state index in [-0.39, 0.29) is 16.7 Å². The van der Waals surface area contributed by atoms with Crippen LogP contribution in [0.2, 0.25) is 0 Å². The number of hydrogen-bond acceptors (Lipinski definition) is 5. The monoisotopic (exact) mass is 282 g/mol. The van der Waals surface area contributed by atoms with E-state index in [1.165, 1.54) is 7.05 Å². The molecule has 0 saturated carbocycles. The van der Waals surface area contributed by atoms with Crippen LogP contribution in [-0.4, -0.2) is 40.9 Å². The number of likely N-dealkylation sites (tertiary alicyclic amines) is 1. The number of hydrogen-bond donors (Lipinski definition) is 2. The van der Waals surface area contributed by atoms with Gasteiger partial charge in [-0.1, -0.05) is 0 Å². The average molecular weight is 282 g/mol. The Hall–Kier alpha value is -1.73. The molecule has 19 heavy (non-hydrogen) atoms. The predicted molar refractivity (Wildman–Crippen MR) is 68.9 cm³/mol. The molecular weight excluding hydrogens is 268 g/mol. The summed E-state index contributed by atoms with van der Waals surface area (Å²) in [5.74, 6) is -1.40. The number of nitrogens with one attached hydrogen (secondary N) is 1. The highest BCUT2D eigenvalue weighted by Crippen LogP contribution is 2.18. The molecule has 2 rings (SSSR count). The Morgan fingerprint density at radius 2 is 2.32 bits per heavy atom. The number of aromatic carboxylic acids is 1. The van der Waals surface area contributed by atoms with Gasteiger partial charge in [0.1, 0.15) is 4.88 Å². The number of likely N-dealkylation sites (N-methyl/N-ethyl adjacent to an activating group) is 1. The second-order valence-electron chi connectivity index (χ2n) is 4.34. The van der Waals surface area contributed by atoms with Crippen molar-refractivity contribution in [1.29, 1.82) is 0 Å². The topological polar surface area (TPSA) is 86.7 Å². The number of carboxylic acid groups (broad SMARTS) is 1. The average Bonchev–Trinajstić information content (AvgIpc) is 2.84. The van der Waals surface area contributed by atoms with Crippen LogP contribution in [-0.2, 0) is 16.1 Å². The lowest BCUT2D eigenvalue weighted by molar-refractivity contribution is -0.148. The SMILES string of the molecule is CN1C(=O)CCC(NCc2ccsc2C(=O)O)C1=O. The Labute approximate surface area is 114 Å². The van der Waals surface area contributed by atoms with Gasteiger partial charge in [0.15, 0.2) is 0 Å². The molecule has 0 bridgehead atoms. The molecule has 6 nitrogen and oxygen atoms in total. The molecule has 1 aliphatic rings. The van der Waals surface area contributed by atoms with Crippen molar-refractivity contribution in [3.63, 3.8) is 0 Å². The minimum Gasteiger partial charge on any atom is -0.477 e.